The zero-order chi connectivity index (χ0) is 16.2. The van der Waals surface area contributed by atoms with Crippen LogP contribution in [0.1, 0.15) is 12.6 Å². The standard InChI is InChI=1S/C14H11ClN4O2S2/c1-2-22-14-19-18-13(23-14)16-7-10-12(20)21-11(17-10)8-3-5-9(15)6-4-8/h3-7,20H,2H2,1H3. The van der Waals surface area contributed by atoms with Crippen LogP contribution in [0.25, 0.3) is 11.5 Å². The number of oxazole rings is 1. The van der Waals surface area contributed by atoms with Crippen molar-refractivity contribution in [1.82, 2.24) is 15.2 Å². The van der Waals surface area contributed by atoms with Gasteiger partial charge in [0.1, 0.15) is 0 Å². The van der Waals surface area contributed by atoms with Crippen LogP contribution in [0.4, 0.5) is 5.13 Å². The van der Waals surface area contributed by atoms with Gasteiger partial charge in [0.25, 0.3) is 0 Å². The molecule has 3 rings (SSSR count). The minimum absolute atomic E-state index is 0.231. The van der Waals surface area contributed by atoms with Gasteiger partial charge in [-0.15, -0.1) is 10.2 Å². The van der Waals surface area contributed by atoms with Crippen LogP contribution in [0.15, 0.2) is 38.0 Å². The number of aliphatic imine (C=N–C) groups is 1. The lowest BCUT2D eigenvalue weighted by atomic mass is 10.2. The highest BCUT2D eigenvalue weighted by atomic mass is 35.5. The normalized spacial score (nSPS) is 11.4. The van der Waals surface area contributed by atoms with Gasteiger partial charge in [-0.05, 0) is 30.0 Å². The van der Waals surface area contributed by atoms with E-state index >= 15 is 0 Å². The summed E-state index contributed by atoms with van der Waals surface area (Å²) in [4.78, 5) is 8.37. The molecule has 0 fully saturated rings. The molecular weight excluding hydrogens is 356 g/mol. The average molecular weight is 367 g/mol. The lowest BCUT2D eigenvalue weighted by Gasteiger charge is -1.93. The highest BCUT2D eigenvalue weighted by molar-refractivity contribution is 8.01. The Labute approximate surface area is 145 Å². The van der Waals surface area contributed by atoms with Crippen molar-refractivity contribution in [3.8, 4) is 17.4 Å². The summed E-state index contributed by atoms with van der Waals surface area (Å²) in [6.45, 7) is 2.04. The van der Waals surface area contributed by atoms with Crippen molar-refractivity contribution in [2.24, 2.45) is 4.99 Å². The molecule has 0 radical (unpaired) electrons. The van der Waals surface area contributed by atoms with Crippen LogP contribution in [0, 0.1) is 0 Å². The van der Waals surface area contributed by atoms with E-state index in [2.05, 4.69) is 20.2 Å². The number of aromatic nitrogens is 3. The number of hydrogen-bond donors (Lipinski definition) is 1. The Morgan fingerprint density at radius 1 is 1.35 bits per heavy atom. The molecule has 0 unspecified atom stereocenters. The molecule has 0 aliphatic rings. The smallest absolute Gasteiger partial charge is 0.312 e. The molecule has 0 amide bonds. The zero-order valence-electron chi connectivity index (χ0n) is 11.9. The number of rotatable bonds is 5. The number of halogens is 1. The molecule has 1 aromatic carbocycles. The van der Waals surface area contributed by atoms with Gasteiger partial charge in [-0.2, -0.15) is 0 Å². The lowest BCUT2D eigenvalue weighted by Crippen LogP contribution is -1.82. The van der Waals surface area contributed by atoms with Crippen LogP contribution in [0.5, 0.6) is 5.95 Å². The molecule has 0 aliphatic heterocycles. The summed E-state index contributed by atoms with van der Waals surface area (Å²) in [6, 6.07) is 6.96. The van der Waals surface area contributed by atoms with Gasteiger partial charge in [-0.1, -0.05) is 41.6 Å². The van der Waals surface area contributed by atoms with Crippen molar-refractivity contribution in [3.05, 3.63) is 35.0 Å². The zero-order valence-corrected chi connectivity index (χ0v) is 14.3. The van der Waals surface area contributed by atoms with Crippen LogP contribution < -0.4 is 0 Å². The van der Waals surface area contributed by atoms with E-state index in [1.54, 1.807) is 36.0 Å². The molecule has 6 nitrogen and oxygen atoms in total. The molecule has 0 spiro atoms. The second-order valence-corrected chi connectivity index (χ2v) is 7.16. The first-order valence-corrected chi connectivity index (χ1v) is 8.80. The predicted octanol–water partition coefficient (Wildman–Crippen LogP) is 4.41. The number of benzene rings is 1. The second-order valence-electron chi connectivity index (χ2n) is 4.26. The van der Waals surface area contributed by atoms with Gasteiger partial charge in [-0.25, -0.2) is 9.98 Å². The molecule has 2 aromatic heterocycles. The fourth-order valence-corrected chi connectivity index (χ4v) is 3.39. The van der Waals surface area contributed by atoms with Gasteiger partial charge in [0.15, 0.2) is 10.0 Å². The Hall–Kier alpha value is -1.90. The Morgan fingerprint density at radius 2 is 2.13 bits per heavy atom. The molecule has 23 heavy (non-hydrogen) atoms. The quantitative estimate of drug-likeness (QED) is 0.531. The van der Waals surface area contributed by atoms with Gasteiger partial charge in [0.2, 0.25) is 11.0 Å². The number of thioether (sulfide) groups is 1. The number of aromatic hydroxyl groups is 1. The number of nitrogens with zero attached hydrogens (tertiary/aromatic N) is 4. The summed E-state index contributed by atoms with van der Waals surface area (Å²) in [5.41, 5.74) is 0.941. The molecule has 118 valence electrons. The van der Waals surface area contributed by atoms with Crippen molar-refractivity contribution in [2.45, 2.75) is 11.3 Å². The molecule has 0 saturated carbocycles. The molecule has 0 saturated heterocycles. The first-order chi connectivity index (χ1) is 11.2. The van der Waals surface area contributed by atoms with Gasteiger partial charge >= 0.3 is 5.95 Å². The minimum atomic E-state index is -0.300. The van der Waals surface area contributed by atoms with E-state index in [1.165, 1.54) is 17.6 Å². The molecular formula is C14H11ClN4O2S2. The molecule has 1 N–H and O–H groups in total. The fraction of sp³-hybridized carbons (Fsp3) is 0.143. The van der Waals surface area contributed by atoms with E-state index in [0.29, 0.717) is 21.6 Å². The molecule has 3 aromatic rings. The van der Waals surface area contributed by atoms with E-state index < -0.39 is 0 Å². The summed E-state index contributed by atoms with van der Waals surface area (Å²) in [6.07, 6.45) is 1.40. The van der Waals surface area contributed by atoms with Crippen molar-refractivity contribution in [3.63, 3.8) is 0 Å². The first-order valence-electron chi connectivity index (χ1n) is 6.62. The third kappa shape index (κ3) is 3.90. The van der Waals surface area contributed by atoms with Crippen LogP contribution in [-0.2, 0) is 0 Å². The van der Waals surface area contributed by atoms with Crippen LogP contribution in [0.3, 0.4) is 0 Å². The maximum absolute atomic E-state index is 9.83. The Balaban J connectivity index is 1.80. The van der Waals surface area contributed by atoms with Gasteiger partial charge in [-0.3, -0.25) is 0 Å². The van der Waals surface area contributed by atoms with Crippen LogP contribution in [-0.4, -0.2) is 32.3 Å². The largest absolute Gasteiger partial charge is 0.479 e. The summed E-state index contributed by atoms with van der Waals surface area (Å²) < 4.78 is 6.10. The van der Waals surface area contributed by atoms with E-state index in [-0.39, 0.29) is 11.6 Å². The fourth-order valence-electron chi connectivity index (χ4n) is 1.68. The van der Waals surface area contributed by atoms with Crippen LogP contribution >= 0.6 is 34.7 Å². The van der Waals surface area contributed by atoms with E-state index in [0.717, 1.165) is 10.1 Å². The maximum Gasteiger partial charge on any atom is 0.312 e. The third-order valence-corrected chi connectivity index (χ3v) is 4.79. The van der Waals surface area contributed by atoms with Crippen molar-refractivity contribution >= 4 is 46.0 Å². The first kappa shape index (κ1) is 16.0. The van der Waals surface area contributed by atoms with Crippen LogP contribution in [0.2, 0.25) is 5.02 Å². The molecule has 9 heteroatoms. The topological polar surface area (TPSA) is 84.4 Å². The summed E-state index contributed by atoms with van der Waals surface area (Å²) >= 11 is 8.82. The maximum atomic E-state index is 9.83. The SMILES string of the molecule is CCSc1nnc(N=Cc2nc(-c3ccc(Cl)cc3)oc2O)s1. The highest BCUT2D eigenvalue weighted by Gasteiger charge is 2.12. The third-order valence-electron chi connectivity index (χ3n) is 2.69. The van der Waals surface area contributed by atoms with Gasteiger partial charge in [0.05, 0.1) is 6.21 Å². The van der Waals surface area contributed by atoms with E-state index in [9.17, 15) is 5.11 Å². The van der Waals surface area contributed by atoms with E-state index in [4.69, 9.17) is 16.0 Å². The monoisotopic (exact) mass is 366 g/mol. The second kappa shape index (κ2) is 7.12. The predicted molar refractivity (Wildman–Crippen MR) is 92.2 cm³/mol. The lowest BCUT2D eigenvalue weighted by molar-refractivity contribution is 0.337. The highest BCUT2D eigenvalue weighted by Crippen LogP contribution is 2.29. The molecule has 0 atom stereocenters. The number of hydrogen-bond acceptors (Lipinski definition) is 8. The van der Waals surface area contributed by atoms with Gasteiger partial charge in [0, 0.05) is 10.6 Å². The average Bonchev–Trinajstić information content (AvgIpc) is 3.13. The molecule has 0 bridgehead atoms. The summed E-state index contributed by atoms with van der Waals surface area (Å²) in [5.74, 6) is 0.916. The van der Waals surface area contributed by atoms with Crippen molar-refractivity contribution in [2.75, 3.05) is 5.75 Å². The summed E-state index contributed by atoms with van der Waals surface area (Å²) in [5, 5.41) is 18.9. The summed E-state index contributed by atoms with van der Waals surface area (Å²) in [7, 11) is 0. The molecule has 0 aliphatic carbocycles. The Bertz CT molecular complexity index is 830. The Kier molecular flexibility index (Phi) is 4.94. The Morgan fingerprint density at radius 3 is 2.87 bits per heavy atom. The molecule has 2 heterocycles. The van der Waals surface area contributed by atoms with Gasteiger partial charge < -0.3 is 9.52 Å². The van der Waals surface area contributed by atoms with E-state index in [1.807, 2.05) is 6.92 Å². The van der Waals surface area contributed by atoms with Crippen molar-refractivity contribution in [1.29, 1.82) is 0 Å². The van der Waals surface area contributed by atoms with Crippen molar-refractivity contribution < 1.29 is 9.52 Å². The minimum Gasteiger partial charge on any atom is -0.479 e.